The molecule has 1 aromatic rings. The molecule has 0 aromatic heterocycles. The Kier molecular flexibility index (Phi) is 5.29. The number of nitrogens with one attached hydrogen (secondary N) is 1. The molecule has 21 heavy (non-hydrogen) atoms. The molecule has 0 spiro atoms. The Balaban J connectivity index is 3.16. The van der Waals surface area contributed by atoms with Gasteiger partial charge in [0.25, 0.3) is 0 Å². The van der Waals surface area contributed by atoms with Crippen molar-refractivity contribution in [3.05, 3.63) is 34.1 Å². The van der Waals surface area contributed by atoms with Gasteiger partial charge in [-0.05, 0) is 18.6 Å². The molecular formula is C10H11FN2O7S. The SMILES string of the molecule is O=C(O)C(CCO)NS(=O)(=O)c1ccc(F)c([N+](=O)[O-])c1. The summed E-state index contributed by atoms with van der Waals surface area (Å²) >= 11 is 0. The maximum atomic E-state index is 13.1. The van der Waals surface area contributed by atoms with Crippen LogP contribution in [0.2, 0.25) is 0 Å². The van der Waals surface area contributed by atoms with Gasteiger partial charge in [0.2, 0.25) is 15.8 Å². The number of nitro groups is 1. The lowest BCUT2D eigenvalue weighted by Gasteiger charge is -2.13. The fourth-order valence-corrected chi connectivity index (χ4v) is 2.66. The number of nitrogens with zero attached hydrogens (tertiary/aromatic N) is 1. The van der Waals surface area contributed by atoms with Crippen LogP contribution >= 0.6 is 0 Å². The van der Waals surface area contributed by atoms with E-state index in [2.05, 4.69) is 0 Å². The summed E-state index contributed by atoms with van der Waals surface area (Å²) in [5.41, 5.74) is -1.05. The highest BCUT2D eigenvalue weighted by Crippen LogP contribution is 2.21. The first-order valence-electron chi connectivity index (χ1n) is 5.49. The van der Waals surface area contributed by atoms with Crippen molar-refractivity contribution in [1.29, 1.82) is 0 Å². The number of carboxylic acids is 1. The molecule has 1 aromatic carbocycles. The van der Waals surface area contributed by atoms with Crippen molar-refractivity contribution in [2.24, 2.45) is 0 Å². The molecule has 0 aliphatic rings. The van der Waals surface area contributed by atoms with Gasteiger partial charge < -0.3 is 10.2 Å². The van der Waals surface area contributed by atoms with E-state index in [4.69, 9.17) is 10.2 Å². The first-order valence-corrected chi connectivity index (χ1v) is 6.97. The zero-order valence-corrected chi connectivity index (χ0v) is 11.2. The summed E-state index contributed by atoms with van der Waals surface area (Å²) in [6, 6.07) is 0.233. The number of aliphatic hydroxyl groups excluding tert-OH is 1. The summed E-state index contributed by atoms with van der Waals surface area (Å²) in [4.78, 5) is 19.6. The minimum Gasteiger partial charge on any atom is -0.480 e. The van der Waals surface area contributed by atoms with Crippen LogP contribution in [0.4, 0.5) is 10.1 Å². The second kappa shape index (κ2) is 6.56. The molecule has 0 saturated carbocycles. The number of sulfonamides is 1. The van der Waals surface area contributed by atoms with Gasteiger partial charge in [0.05, 0.1) is 9.82 Å². The third kappa shape index (κ3) is 4.18. The minimum absolute atomic E-state index is 0.391. The maximum Gasteiger partial charge on any atom is 0.321 e. The van der Waals surface area contributed by atoms with Crippen LogP contribution in [0.25, 0.3) is 0 Å². The average molecular weight is 322 g/mol. The van der Waals surface area contributed by atoms with Crippen LogP contribution in [0.5, 0.6) is 0 Å². The van der Waals surface area contributed by atoms with Crippen LogP contribution < -0.4 is 4.72 Å². The van der Waals surface area contributed by atoms with E-state index < -0.39 is 56.4 Å². The van der Waals surface area contributed by atoms with E-state index in [9.17, 15) is 27.7 Å². The Labute approximate surface area is 118 Å². The Hall–Kier alpha value is -2.11. The van der Waals surface area contributed by atoms with Crippen LogP contribution in [0, 0.1) is 15.9 Å². The topological polar surface area (TPSA) is 147 Å². The molecule has 0 aliphatic carbocycles. The van der Waals surface area contributed by atoms with Crippen molar-refractivity contribution >= 4 is 21.7 Å². The normalized spacial score (nSPS) is 12.9. The zero-order valence-electron chi connectivity index (χ0n) is 10.4. The number of halogens is 1. The lowest BCUT2D eigenvalue weighted by atomic mass is 10.2. The summed E-state index contributed by atoms with van der Waals surface area (Å²) in [5, 5.41) is 28.0. The van der Waals surface area contributed by atoms with Crippen molar-refractivity contribution in [2.75, 3.05) is 6.61 Å². The van der Waals surface area contributed by atoms with Gasteiger partial charge in [-0.2, -0.15) is 9.11 Å². The molecule has 0 heterocycles. The summed E-state index contributed by atoms with van der Waals surface area (Å²) in [6.45, 7) is -0.580. The fraction of sp³-hybridized carbons (Fsp3) is 0.300. The van der Waals surface area contributed by atoms with Crippen molar-refractivity contribution in [3.8, 4) is 0 Å². The lowest BCUT2D eigenvalue weighted by molar-refractivity contribution is -0.387. The fourth-order valence-electron chi connectivity index (χ4n) is 1.42. The van der Waals surface area contributed by atoms with Crippen molar-refractivity contribution in [2.45, 2.75) is 17.4 Å². The van der Waals surface area contributed by atoms with Crippen LogP contribution in [0.3, 0.4) is 0 Å². The molecule has 0 fully saturated rings. The van der Waals surface area contributed by atoms with E-state index >= 15 is 0 Å². The van der Waals surface area contributed by atoms with Crippen LogP contribution in [0.15, 0.2) is 23.1 Å². The van der Waals surface area contributed by atoms with Gasteiger partial charge in [-0.1, -0.05) is 0 Å². The van der Waals surface area contributed by atoms with E-state index in [-0.39, 0.29) is 0 Å². The van der Waals surface area contributed by atoms with Gasteiger partial charge in [-0.25, -0.2) is 8.42 Å². The Morgan fingerprint density at radius 1 is 1.48 bits per heavy atom. The summed E-state index contributed by atoms with van der Waals surface area (Å²) in [6.07, 6.45) is -0.391. The Morgan fingerprint density at radius 2 is 2.10 bits per heavy atom. The van der Waals surface area contributed by atoms with Crippen LogP contribution in [0.1, 0.15) is 6.42 Å². The summed E-state index contributed by atoms with van der Waals surface area (Å²) in [5.74, 6) is -2.74. The number of hydrogen-bond donors (Lipinski definition) is 3. The van der Waals surface area contributed by atoms with Gasteiger partial charge in [-0.3, -0.25) is 14.9 Å². The van der Waals surface area contributed by atoms with Crippen molar-refractivity contribution in [3.63, 3.8) is 0 Å². The van der Waals surface area contributed by atoms with Gasteiger partial charge in [0.15, 0.2) is 0 Å². The standard InChI is InChI=1S/C10H11FN2O7S/c11-7-2-1-6(5-9(7)13(17)18)21(19,20)12-8(3-4-14)10(15)16/h1-2,5,8,12,14H,3-4H2,(H,15,16). The highest BCUT2D eigenvalue weighted by Gasteiger charge is 2.27. The average Bonchev–Trinajstić information content (AvgIpc) is 2.37. The largest absolute Gasteiger partial charge is 0.480 e. The van der Waals surface area contributed by atoms with E-state index in [1.54, 1.807) is 4.72 Å². The van der Waals surface area contributed by atoms with Gasteiger partial charge in [0, 0.05) is 12.7 Å². The van der Waals surface area contributed by atoms with Gasteiger partial charge >= 0.3 is 11.7 Å². The van der Waals surface area contributed by atoms with E-state index in [0.717, 1.165) is 6.07 Å². The highest BCUT2D eigenvalue weighted by molar-refractivity contribution is 7.89. The van der Waals surface area contributed by atoms with Crippen LogP contribution in [-0.2, 0) is 14.8 Å². The van der Waals surface area contributed by atoms with E-state index in [1.165, 1.54) is 0 Å². The molecular weight excluding hydrogens is 311 g/mol. The number of hydrogen-bond acceptors (Lipinski definition) is 6. The molecule has 1 atom stereocenters. The molecule has 0 aliphatic heterocycles. The van der Waals surface area contributed by atoms with Crippen molar-refractivity contribution < 1.29 is 32.7 Å². The number of aliphatic carboxylic acids is 1. The second-order valence-corrected chi connectivity index (χ2v) is 5.61. The number of carboxylic acid groups (broad SMARTS) is 1. The molecule has 1 rings (SSSR count). The molecule has 9 nitrogen and oxygen atoms in total. The third-order valence-electron chi connectivity index (χ3n) is 2.44. The Morgan fingerprint density at radius 3 is 2.57 bits per heavy atom. The molecule has 0 bridgehead atoms. The zero-order chi connectivity index (χ0) is 16.2. The first kappa shape index (κ1) is 16.9. The molecule has 11 heteroatoms. The molecule has 0 amide bonds. The quantitative estimate of drug-likeness (QED) is 0.467. The maximum absolute atomic E-state index is 13.1. The molecule has 0 saturated heterocycles. The number of rotatable bonds is 7. The first-order chi connectivity index (χ1) is 9.69. The van der Waals surface area contributed by atoms with Gasteiger partial charge in [0.1, 0.15) is 6.04 Å². The number of aliphatic hydroxyl groups is 1. The smallest absolute Gasteiger partial charge is 0.321 e. The third-order valence-corrected chi connectivity index (χ3v) is 3.91. The lowest BCUT2D eigenvalue weighted by Crippen LogP contribution is -2.41. The predicted octanol–water partition coefficient (Wildman–Crippen LogP) is -0.152. The molecule has 1 unspecified atom stereocenters. The van der Waals surface area contributed by atoms with Crippen molar-refractivity contribution in [1.82, 2.24) is 4.72 Å². The summed E-state index contributed by atoms with van der Waals surface area (Å²) in [7, 11) is -4.41. The van der Waals surface area contributed by atoms with Crippen LogP contribution in [-0.4, -0.2) is 42.2 Å². The van der Waals surface area contributed by atoms with E-state index in [0.29, 0.717) is 12.1 Å². The molecule has 116 valence electrons. The Bertz CT molecular complexity index is 661. The van der Waals surface area contributed by atoms with Gasteiger partial charge in [-0.15, -0.1) is 0 Å². The minimum atomic E-state index is -4.41. The number of carbonyl (C=O) groups is 1. The number of nitro benzene ring substituents is 1. The monoisotopic (exact) mass is 322 g/mol. The highest BCUT2D eigenvalue weighted by atomic mass is 32.2. The summed E-state index contributed by atoms with van der Waals surface area (Å²) < 4.78 is 38.7. The molecule has 3 N–H and O–H groups in total. The predicted molar refractivity (Wildman–Crippen MR) is 66.5 cm³/mol. The second-order valence-electron chi connectivity index (χ2n) is 3.89. The number of benzene rings is 1. The molecule has 0 radical (unpaired) electrons. The van der Waals surface area contributed by atoms with E-state index in [1.807, 2.05) is 0 Å².